The van der Waals surface area contributed by atoms with Gasteiger partial charge in [0.15, 0.2) is 5.78 Å². The van der Waals surface area contributed by atoms with Crippen LogP contribution in [0.5, 0.6) is 5.75 Å². The lowest BCUT2D eigenvalue weighted by Crippen LogP contribution is -2.28. The number of methoxy groups -OCH3 is 1. The molecule has 0 bridgehead atoms. The molecule has 0 saturated carbocycles. The van der Waals surface area contributed by atoms with Gasteiger partial charge >= 0.3 is 0 Å². The van der Waals surface area contributed by atoms with Crippen molar-refractivity contribution in [2.24, 2.45) is 0 Å². The van der Waals surface area contributed by atoms with Gasteiger partial charge in [-0.2, -0.15) is 0 Å². The number of amides is 1. The van der Waals surface area contributed by atoms with Crippen LogP contribution in [0.4, 0.5) is 0 Å². The van der Waals surface area contributed by atoms with E-state index in [2.05, 4.69) is 5.32 Å². The Hall–Kier alpha value is -1.98. The number of halogens is 1. The largest absolute Gasteiger partial charge is 0.496 e. The number of benzene rings is 2. The first-order valence-corrected chi connectivity index (χ1v) is 9.74. The Balaban J connectivity index is 1.89. The second-order valence-electron chi connectivity index (χ2n) is 5.92. The second-order valence-corrected chi connectivity index (χ2v) is 7.34. The second kappa shape index (κ2) is 9.64. The Bertz CT molecular complexity index is 777. The summed E-state index contributed by atoms with van der Waals surface area (Å²) < 4.78 is 5.33. The van der Waals surface area contributed by atoms with E-state index in [1.165, 1.54) is 18.7 Å². The summed E-state index contributed by atoms with van der Waals surface area (Å²) in [6.07, 6.45) is 0. The number of hydrogen-bond acceptors (Lipinski definition) is 4. The highest BCUT2D eigenvalue weighted by molar-refractivity contribution is 7.99. The SMILES string of the molecule is COc1ccc(C(C)=O)cc1CSCC(=O)N[C@H](C)c1ccc(Cl)cc1. The van der Waals surface area contributed by atoms with Crippen molar-refractivity contribution in [2.45, 2.75) is 25.6 Å². The molecule has 0 unspecified atom stereocenters. The molecule has 0 radical (unpaired) electrons. The zero-order chi connectivity index (χ0) is 19.1. The minimum absolute atomic E-state index is 0.00781. The first kappa shape index (κ1) is 20.3. The fourth-order valence-corrected chi connectivity index (χ4v) is 3.42. The van der Waals surface area contributed by atoms with Crippen molar-refractivity contribution in [3.8, 4) is 5.75 Å². The number of nitrogens with one attached hydrogen (secondary N) is 1. The molecule has 0 aromatic heterocycles. The third-order valence-corrected chi connectivity index (χ3v) is 5.16. The maximum absolute atomic E-state index is 12.2. The van der Waals surface area contributed by atoms with E-state index < -0.39 is 0 Å². The molecule has 1 N–H and O–H groups in total. The van der Waals surface area contributed by atoms with E-state index in [9.17, 15) is 9.59 Å². The van der Waals surface area contributed by atoms with Gasteiger partial charge in [0.05, 0.1) is 18.9 Å². The fraction of sp³-hybridized carbons (Fsp3) is 0.300. The van der Waals surface area contributed by atoms with Crippen LogP contribution in [0.3, 0.4) is 0 Å². The van der Waals surface area contributed by atoms with Crippen molar-refractivity contribution >= 4 is 35.1 Å². The number of ketones is 1. The molecule has 0 aliphatic rings. The molecule has 26 heavy (non-hydrogen) atoms. The lowest BCUT2D eigenvalue weighted by molar-refractivity contribution is -0.119. The number of carbonyl (C=O) groups excluding carboxylic acids is 2. The molecule has 2 rings (SSSR count). The van der Waals surface area contributed by atoms with Gasteiger partial charge < -0.3 is 10.1 Å². The summed E-state index contributed by atoms with van der Waals surface area (Å²) in [6, 6.07) is 12.7. The number of thioether (sulfide) groups is 1. The molecule has 1 amide bonds. The van der Waals surface area contributed by atoms with Crippen LogP contribution in [0.1, 0.15) is 41.4 Å². The summed E-state index contributed by atoms with van der Waals surface area (Å²) >= 11 is 7.36. The lowest BCUT2D eigenvalue weighted by atomic mass is 10.1. The quantitative estimate of drug-likeness (QED) is 0.665. The summed E-state index contributed by atoms with van der Waals surface area (Å²) in [5.74, 6) is 1.60. The topological polar surface area (TPSA) is 55.4 Å². The number of ether oxygens (including phenoxy) is 1. The molecule has 2 aromatic carbocycles. The third-order valence-electron chi connectivity index (χ3n) is 3.93. The fourth-order valence-electron chi connectivity index (χ4n) is 2.48. The highest BCUT2D eigenvalue weighted by atomic mass is 35.5. The van der Waals surface area contributed by atoms with Crippen molar-refractivity contribution in [2.75, 3.05) is 12.9 Å². The Kier molecular flexibility index (Phi) is 7.54. The maximum atomic E-state index is 12.2. The van der Waals surface area contributed by atoms with Crippen LogP contribution in [-0.2, 0) is 10.5 Å². The monoisotopic (exact) mass is 391 g/mol. The van der Waals surface area contributed by atoms with E-state index in [4.69, 9.17) is 16.3 Å². The number of carbonyl (C=O) groups is 2. The highest BCUT2D eigenvalue weighted by Crippen LogP contribution is 2.25. The zero-order valence-electron chi connectivity index (χ0n) is 15.0. The maximum Gasteiger partial charge on any atom is 0.230 e. The van der Waals surface area contributed by atoms with Crippen molar-refractivity contribution in [3.63, 3.8) is 0 Å². The van der Waals surface area contributed by atoms with Crippen LogP contribution in [0.2, 0.25) is 5.02 Å². The lowest BCUT2D eigenvalue weighted by Gasteiger charge is -2.14. The molecule has 0 saturated heterocycles. The summed E-state index contributed by atoms with van der Waals surface area (Å²) in [5.41, 5.74) is 2.55. The molecule has 2 aromatic rings. The summed E-state index contributed by atoms with van der Waals surface area (Å²) in [5, 5.41) is 3.64. The van der Waals surface area contributed by atoms with Crippen LogP contribution >= 0.6 is 23.4 Å². The van der Waals surface area contributed by atoms with Gasteiger partial charge in [0, 0.05) is 21.9 Å². The predicted molar refractivity (Wildman–Crippen MR) is 107 cm³/mol. The van der Waals surface area contributed by atoms with Crippen molar-refractivity contribution < 1.29 is 14.3 Å². The van der Waals surface area contributed by atoms with E-state index in [0.29, 0.717) is 22.1 Å². The number of rotatable bonds is 8. The van der Waals surface area contributed by atoms with Crippen molar-refractivity contribution in [3.05, 3.63) is 64.2 Å². The molecule has 6 heteroatoms. The van der Waals surface area contributed by atoms with Gasteiger partial charge in [-0.05, 0) is 49.7 Å². The summed E-state index contributed by atoms with van der Waals surface area (Å²) in [4.78, 5) is 23.7. The summed E-state index contributed by atoms with van der Waals surface area (Å²) in [6.45, 7) is 3.47. The van der Waals surface area contributed by atoms with Crippen molar-refractivity contribution in [1.29, 1.82) is 0 Å². The van der Waals surface area contributed by atoms with E-state index in [0.717, 1.165) is 16.9 Å². The zero-order valence-corrected chi connectivity index (χ0v) is 16.6. The average Bonchev–Trinajstić information content (AvgIpc) is 2.62. The predicted octanol–water partition coefficient (Wildman–Crippen LogP) is 4.66. The molecule has 138 valence electrons. The molecule has 0 heterocycles. The van der Waals surface area contributed by atoms with E-state index >= 15 is 0 Å². The molecule has 0 aliphatic carbocycles. The van der Waals surface area contributed by atoms with E-state index in [-0.39, 0.29) is 17.7 Å². The minimum atomic E-state index is -0.0871. The summed E-state index contributed by atoms with van der Waals surface area (Å²) in [7, 11) is 1.59. The highest BCUT2D eigenvalue weighted by Gasteiger charge is 2.11. The first-order chi connectivity index (χ1) is 12.4. The molecular weight excluding hydrogens is 370 g/mol. The van der Waals surface area contributed by atoms with Gasteiger partial charge in [-0.25, -0.2) is 0 Å². The van der Waals surface area contributed by atoms with Crippen LogP contribution in [0.15, 0.2) is 42.5 Å². The van der Waals surface area contributed by atoms with Gasteiger partial charge in [0.25, 0.3) is 0 Å². The number of hydrogen-bond donors (Lipinski definition) is 1. The van der Waals surface area contributed by atoms with Crippen LogP contribution in [0, 0.1) is 0 Å². The Morgan fingerprint density at radius 1 is 1.19 bits per heavy atom. The first-order valence-electron chi connectivity index (χ1n) is 8.21. The Morgan fingerprint density at radius 2 is 1.88 bits per heavy atom. The average molecular weight is 392 g/mol. The molecule has 1 atom stereocenters. The van der Waals surface area contributed by atoms with Gasteiger partial charge in [-0.15, -0.1) is 11.8 Å². The Labute approximate surface area is 163 Å². The van der Waals surface area contributed by atoms with Crippen LogP contribution in [-0.4, -0.2) is 24.6 Å². The minimum Gasteiger partial charge on any atom is -0.496 e. The van der Waals surface area contributed by atoms with Gasteiger partial charge in [-0.1, -0.05) is 23.7 Å². The standard InChI is InChI=1S/C20H22ClNO3S/c1-13(15-4-7-18(21)8-5-15)22-20(24)12-26-11-17-10-16(14(2)23)6-9-19(17)25-3/h4-10,13H,11-12H2,1-3H3,(H,22,24)/t13-/m1/s1. The third kappa shape index (κ3) is 5.78. The molecule has 4 nitrogen and oxygen atoms in total. The molecular formula is C20H22ClNO3S. The Morgan fingerprint density at radius 3 is 2.50 bits per heavy atom. The smallest absolute Gasteiger partial charge is 0.230 e. The van der Waals surface area contributed by atoms with Gasteiger partial charge in [-0.3, -0.25) is 9.59 Å². The van der Waals surface area contributed by atoms with Crippen LogP contribution in [0.25, 0.3) is 0 Å². The molecule has 0 aliphatic heterocycles. The molecule has 0 spiro atoms. The van der Waals surface area contributed by atoms with Crippen molar-refractivity contribution in [1.82, 2.24) is 5.32 Å². The van der Waals surface area contributed by atoms with Gasteiger partial charge in [0.1, 0.15) is 5.75 Å². The van der Waals surface area contributed by atoms with Gasteiger partial charge in [0.2, 0.25) is 5.91 Å². The van der Waals surface area contributed by atoms with E-state index in [1.54, 1.807) is 19.2 Å². The molecule has 0 fully saturated rings. The van der Waals surface area contributed by atoms with Crippen LogP contribution < -0.4 is 10.1 Å². The normalized spacial score (nSPS) is 11.7. The van der Waals surface area contributed by atoms with E-state index in [1.807, 2.05) is 37.3 Å². The number of Topliss-reactive ketones (excluding diaryl/α,β-unsaturated/α-hetero) is 1.